The molecule has 2 rings (SSSR count). The molecule has 0 saturated heterocycles. The molecule has 0 aliphatic heterocycles. The molecule has 1 aliphatic carbocycles. The van der Waals surface area contributed by atoms with E-state index in [0.717, 1.165) is 23.0 Å². The summed E-state index contributed by atoms with van der Waals surface area (Å²) in [7, 11) is 0. The van der Waals surface area contributed by atoms with Crippen molar-refractivity contribution in [3.8, 4) is 0 Å². The summed E-state index contributed by atoms with van der Waals surface area (Å²) in [5.41, 5.74) is 0. The number of rotatable bonds is 4. The summed E-state index contributed by atoms with van der Waals surface area (Å²) in [6.07, 6.45) is 5.92. The number of aromatic nitrogens is 2. The minimum absolute atomic E-state index is 0.315. The van der Waals surface area contributed by atoms with Crippen LogP contribution in [0, 0.1) is 12.8 Å². The van der Waals surface area contributed by atoms with Gasteiger partial charge in [-0.05, 0) is 31.3 Å². The first-order valence-electron chi connectivity index (χ1n) is 5.71. The van der Waals surface area contributed by atoms with Gasteiger partial charge in [-0.15, -0.1) is 0 Å². The van der Waals surface area contributed by atoms with Crippen LogP contribution in [0.3, 0.4) is 0 Å². The van der Waals surface area contributed by atoms with Crippen molar-refractivity contribution < 1.29 is 4.79 Å². The Morgan fingerprint density at radius 1 is 1.44 bits per heavy atom. The molecule has 16 heavy (non-hydrogen) atoms. The lowest BCUT2D eigenvalue weighted by atomic mass is 9.87. The van der Waals surface area contributed by atoms with E-state index < -0.39 is 0 Å². The van der Waals surface area contributed by atoms with Gasteiger partial charge in [-0.25, -0.2) is 4.98 Å². The van der Waals surface area contributed by atoms with Gasteiger partial charge in [0, 0.05) is 5.92 Å². The van der Waals surface area contributed by atoms with Crippen molar-refractivity contribution in [3.05, 3.63) is 5.82 Å². The third kappa shape index (κ3) is 3.28. The molecule has 1 aromatic heterocycles. The molecule has 0 unspecified atom stereocenters. The first-order valence-corrected chi connectivity index (χ1v) is 7.47. The maximum atomic E-state index is 11.9. The molecule has 0 aromatic carbocycles. The maximum absolute atomic E-state index is 11.9. The zero-order valence-electron chi connectivity index (χ0n) is 9.44. The highest BCUT2D eigenvalue weighted by molar-refractivity contribution is 8.01. The smallest absolute Gasteiger partial charge is 0.170 e. The van der Waals surface area contributed by atoms with Gasteiger partial charge in [0.15, 0.2) is 4.34 Å². The number of nitrogens with zero attached hydrogens (tertiary/aromatic N) is 2. The average Bonchev–Trinajstić information content (AvgIpc) is 2.73. The van der Waals surface area contributed by atoms with Gasteiger partial charge < -0.3 is 0 Å². The van der Waals surface area contributed by atoms with Crippen LogP contribution in [0.1, 0.15) is 37.9 Å². The van der Waals surface area contributed by atoms with E-state index in [4.69, 9.17) is 0 Å². The van der Waals surface area contributed by atoms with Gasteiger partial charge in [0.1, 0.15) is 11.6 Å². The zero-order valence-corrected chi connectivity index (χ0v) is 11.1. The number of hydrogen-bond acceptors (Lipinski definition) is 5. The quantitative estimate of drug-likeness (QED) is 0.776. The summed E-state index contributed by atoms with van der Waals surface area (Å²) in [5, 5.41) is 0. The second-order valence-electron chi connectivity index (χ2n) is 4.20. The van der Waals surface area contributed by atoms with Crippen LogP contribution >= 0.6 is 23.3 Å². The highest BCUT2D eigenvalue weighted by Gasteiger charge is 2.21. The van der Waals surface area contributed by atoms with Crippen LogP contribution in [-0.4, -0.2) is 20.9 Å². The van der Waals surface area contributed by atoms with E-state index in [1.54, 1.807) is 0 Å². The predicted octanol–water partition coefficient (Wildman–Crippen LogP) is 3.09. The molecule has 1 aliphatic rings. The summed E-state index contributed by atoms with van der Waals surface area (Å²) < 4.78 is 5.02. The molecule has 0 bridgehead atoms. The van der Waals surface area contributed by atoms with E-state index in [1.807, 2.05) is 6.92 Å². The first kappa shape index (κ1) is 12.0. The van der Waals surface area contributed by atoms with Crippen LogP contribution in [0.5, 0.6) is 0 Å². The van der Waals surface area contributed by atoms with Crippen molar-refractivity contribution in [1.29, 1.82) is 0 Å². The van der Waals surface area contributed by atoms with E-state index >= 15 is 0 Å². The third-order valence-corrected chi connectivity index (χ3v) is 4.85. The van der Waals surface area contributed by atoms with Crippen molar-refractivity contribution in [3.63, 3.8) is 0 Å². The topological polar surface area (TPSA) is 42.9 Å². The van der Waals surface area contributed by atoms with Crippen LogP contribution in [-0.2, 0) is 4.79 Å². The van der Waals surface area contributed by atoms with E-state index in [2.05, 4.69) is 9.36 Å². The van der Waals surface area contributed by atoms with Crippen molar-refractivity contribution in [2.24, 2.45) is 5.92 Å². The molecule has 0 spiro atoms. The number of carbonyl (C=O) groups is 1. The standard InChI is InChI=1S/C11H16N2OS2/c1-8-12-11(16-13-8)15-7-10(14)9-5-3-2-4-6-9/h9H,2-7H2,1H3. The Kier molecular flexibility index (Phi) is 4.35. The fourth-order valence-corrected chi connectivity index (χ4v) is 3.63. The third-order valence-electron chi connectivity index (χ3n) is 2.91. The lowest BCUT2D eigenvalue weighted by Crippen LogP contribution is -2.19. The minimum atomic E-state index is 0.315. The summed E-state index contributed by atoms with van der Waals surface area (Å²) in [6.45, 7) is 1.88. The number of aryl methyl sites for hydroxylation is 1. The Morgan fingerprint density at radius 2 is 2.19 bits per heavy atom. The van der Waals surface area contributed by atoms with E-state index in [0.29, 0.717) is 17.5 Å². The molecular formula is C11H16N2OS2. The van der Waals surface area contributed by atoms with Crippen LogP contribution in [0.4, 0.5) is 0 Å². The van der Waals surface area contributed by atoms with Crippen molar-refractivity contribution in [1.82, 2.24) is 9.36 Å². The maximum Gasteiger partial charge on any atom is 0.170 e. The van der Waals surface area contributed by atoms with Gasteiger partial charge in [0.05, 0.1) is 5.75 Å². The van der Waals surface area contributed by atoms with Gasteiger partial charge in [-0.3, -0.25) is 4.79 Å². The normalized spacial score (nSPS) is 17.6. The fraction of sp³-hybridized carbons (Fsp3) is 0.727. The minimum Gasteiger partial charge on any atom is -0.298 e. The van der Waals surface area contributed by atoms with E-state index in [9.17, 15) is 4.79 Å². The number of ketones is 1. The molecular weight excluding hydrogens is 240 g/mol. The van der Waals surface area contributed by atoms with Gasteiger partial charge in [-0.2, -0.15) is 4.37 Å². The molecule has 0 radical (unpaired) electrons. The summed E-state index contributed by atoms with van der Waals surface area (Å²) >= 11 is 2.93. The Labute approximate surface area is 104 Å². The number of hydrogen-bond donors (Lipinski definition) is 0. The van der Waals surface area contributed by atoms with E-state index in [-0.39, 0.29) is 0 Å². The molecule has 1 fully saturated rings. The van der Waals surface area contributed by atoms with Crippen LogP contribution < -0.4 is 0 Å². The van der Waals surface area contributed by atoms with Crippen molar-refractivity contribution in [2.45, 2.75) is 43.4 Å². The monoisotopic (exact) mass is 256 g/mol. The van der Waals surface area contributed by atoms with Crippen LogP contribution in [0.15, 0.2) is 4.34 Å². The van der Waals surface area contributed by atoms with Crippen LogP contribution in [0.2, 0.25) is 0 Å². The number of Topliss-reactive ketones (excluding diaryl/α,β-unsaturated/α-hetero) is 1. The summed E-state index contributed by atoms with van der Waals surface area (Å²) in [6, 6.07) is 0. The molecule has 1 saturated carbocycles. The molecule has 0 atom stereocenters. The second kappa shape index (κ2) is 5.77. The SMILES string of the molecule is Cc1nsc(SCC(=O)C2CCCCC2)n1. The van der Waals surface area contributed by atoms with E-state index in [1.165, 1.54) is 42.6 Å². The molecule has 88 valence electrons. The lowest BCUT2D eigenvalue weighted by Gasteiger charge is -2.19. The number of carbonyl (C=O) groups excluding carboxylic acids is 1. The Morgan fingerprint density at radius 3 is 2.81 bits per heavy atom. The average molecular weight is 256 g/mol. The van der Waals surface area contributed by atoms with Gasteiger partial charge >= 0.3 is 0 Å². The zero-order chi connectivity index (χ0) is 11.4. The van der Waals surface area contributed by atoms with Gasteiger partial charge in [0.2, 0.25) is 0 Å². The van der Waals surface area contributed by atoms with Gasteiger partial charge in [0.25, 0.3) is 0 Å². The summed E-state index contributed by atoms with van der Waals surface area (Å²) in [5.74, 6) is 2.09. The largest absolute Gasteiger partial charge is 0.298 e. The molecule has 5 heteroatoms. The predicted molar refractivity (Wildman–Crippen MR) is 67.0 cm³/mol. The lowest BCUT2D eigenvalue weighted by molar-refractivity contribution is -0.121. The fourth-order valence-electron chi connectivity index (χ4n) is 2.01. The van der Waals surface area contributed by atoms with Crippen LogP contribution in [0.25, 0.3) is 0 Å². The molecule has 1 heterocycles. The summed E-state index contributed by atoms with van der Waals surface area (Å²) in [4.78, 5) is 16.2. The number of thioether (sulfide) groups is 1. The molecule has 3 nitrogen and oxygen atoms in total. The van der Waals surface area contributed by atoms with Crippen molar-refractivity contribution in [2.75, 3.05) is 5.75 Å². The molecule has 0 amide bonds. The molecule has 0 N–H and O–H groups in total. The van der Waals surface area contributed by atoms with Crippen molar-refractivity contribution >= 4 is 29.1 Å². The van der Waals surface area contributed by atoms with Gasteiger partial charge in [-0.1, -0.05) is 31.0 Å². The Hall–Kier alpha value is -0.420. The Bertz CT molecular complexity index is 359. The Balaban J connectivity index is 1.78. The highest BCUT2D eigenvalue weighted by atomic mass is 32.2. The second-order valence-corrected chi connectivity index (χ2v) is 6.17. The first-order chi connectivity index (χ1) is 7.75. The molecule has 1 aromatic rings. The highest BCUT2D eigenvalue weighted by Crippen LogP contribution is 2.27.